The number of aliphatic hydroxyl groups is 1. The quantitative estimate of drug-likeness (QED) is 0.646. The maximum Gasteiger partial charge on any atom is 0.226 e. The minimum absolute atomic E-state index is 0.00784. The van der Waals surface area contributed by atoms with Crippen LogP contribution in [0.4, 0.5) is 0 Å². The molecule has 0 saturated heterocycles. The van der Waals surface area contributed by atoms with Crippen molar-refractivity contribution in [2.75, 3.05) is 13.2 Å². The fourth-order valence-corrected chi connectivity index (χ4v) is 1.83. The van der Waals surface area contributed by atoms with Crippen LogP contribution < -0.4 is 5.32 Å². The lowest BCUT2D eigenvalue weighted by Crippen LogP contribution is -2.31. The van der Waals surface area contributed by atoms with Crippen LogP contribution in [0, 0.1) is 5.41 Å². The van der Waals surface area contributed by atoms with Crippen molar-refractivity contribution < 1.29 is 9.90 Å². The van der Waals surface area contributed by atoms with E-state index in [2.05, 4.69) is 15.5 Å². The van der Waals surface area contributed by atoms with Gasteiger partial charge >= 0.3 is 0 Å². The number of aliphatic hydroxyl groups excluding tert-OH is 1. The molecule has 5 heteroatoms. The van der Waals surface area contributed by atoms with E-state index in [0.717, 1.165) is 25.0 Å². The number of amides is 1. The zero-order chi connectivity index (χ0) is 11.4. The summed E-state index contributed by atoms with van der Waals surface area (Å²) in [6.45, 7) is 0.886. The van der Waals surface area contributed by atoms with Gasteiger partial charge in [0.25, 0.3) is 0 Å². The van der Waals surface area contributed by atoms with Gasteiger partial charge in [0.05, 0.1) is 6.42 Å². The Bertz CT molecular complexity index is 344. The van der Waals surface area contributed by atoms with Crippen molar-refractivity contribution in [3.8, 4) is 0 Å². The lowest BCUT2D eigenvalue weighted by molar-refractivity contribution is -0.120. The number of hydrogen-bond donors (Lipinski definition) is 3. The molecule has 0 bridgehead atoms. The molecule has 1 heterocycles. The topological polar surface area (TPSA) is 78.0 Å². The Labute approximate surface area is 94.2 Å². The first-order chi connectivity index (χ1) is 7.74. The molecule has 5 nitrogen and oxygen atoms in total. The van der Waals surface area contributed by atoms with Gasteiger partial charge in [0.15, 0.2) is 0 Å². The van der Waals surface area contributed by atoms with E-state index in [9.17, 15) is 4.79 Å². The third-order valence-electron chi connectivity index (χ3n) is 3.17. The largest absolute Gasteiger partial charge is 0.396 e. The summed E-state index contributed by atoms with van der Waals surface area (Å²) in [6.07, 6.45) is 4.99. The van der Waals surface area contributed by atoms with Crippen LogP contribution in [0.1, 0.15) is 25.0 Å². The Kier molecular flexibility index (Phi) is 3.24. The molecule has 1 aromatic rings. The maximum absolute atomic E-state index is 11.6. The van der Waals surface area contributed by atoms with E-state index in [0.29, 0.717) is 13.0 Å². The number of H-pyrrole nitrogens is 1. The molecular weight excluding hydrogens is 206 g/mol. The summed E-state index contributed by atoms with van der Waals surface area (Å²) < 4.78 is 0. The number of aromatic amines is 1. The molecule has 1 aliphatic rings. The normalized spacial score (nSPS) is 17.1. The van der Waals surface area contributed by atoms with Gasteiger partial charge in [-0.2, -0.15) is 5.10 Å². The minimum Gasteiger partial charge on any atom is -0.396 e. The van der Waals surface area contributed by atoms with E-state index in [1.54, 1.807) is 12.3 Å². The highest BCUT2D eigenvalue weighted by Crippen LogP contribution is 2.47. The zero-order valence-corrected chi connectivity index (χ0v) is 9.20. The summed E-state index contributed by atoms with van der Waals surface area (Å²) in [4.78, 5) is 11.6. The van der Waals surface area contributed by atoms with Gasteiger partial charge in [-0.15, -0.1) is 0 Å². The highest BCUT2D eigenvalue weighted by atomic mass is 16.3. The fourth-order valence-electron chi connectivity index (χ4n) is 1.83. The molecule has 1 aliphatic carbocycles. The molecule has 0 radical (unpaired) electrons. The first-order valence-electron chi connectivity index (χ1n) is 5.60. The van der Waals surface area contributed by atoms with Gasteiger partial charge in [0.2, 0.25) is 5.91 Å². The molecule has 2 rings (SSSR count). The second-order valence-electron chi connectivity index (χ2n) is 4.51. The standard InChI is InChI=1S/C11H17N3O2/c15-6-4-11(2-3-11)8-12-10(16)7-9-1-5-13-14-9/h1,5,15H,2-4,6-8H2,(H,12,16)(H,13,14). The van der Waals surface area contributed by atoms with E-state index in [-0.39, 0.29) is 17.9 Å². The molecule has 88 valence electrons. The van der Waals surface area contributed by atoms with Gasteiger partial charge in [0, 0.05) is 25.0 Å². The Morgan fingerprint density at radius 3 is 3.00 bits per heavy atom. The molecule has 0 atom stereocenters. The fraction of sp³-hybridized carbons (Fsp3) is 0.636. The van der Waals surface area contributed by atoms with Crippen LogP contribution >= 0.6 is 0 Å². The highest BCUT2D eigenvalue weighted by Gasteiger charge is 2.41. The SMILES string of the molecule is O=C(Cc1ccn[nH]1)NCC1(CCO)CC1. The molecule has 1 fully saturated rings. The average molecular weight is 223 g/mol. The van der Waals surface area contributed by atoms with E-state index >= 15 is 0 Å². The van der Waals surface area contributed by atoms with Crippen LogP contribution in [0.15, 0.2) is 12.3 Å². The van der Waals surface area contributed by atoms with Gasteiger partial charge in [-0.25, -0.2) is 0 Å². The summed E-state index contributed by atoms with van der Waals surface area (Å²) in [5.74, 6) is 0.00784. The highest BCUT2D eigenvalue weighted by molar-refractivity contribution is 5.78. The Hall–Kier alpha value is -1.36. The monoisotopic (exact) mass is 223 g/mol. The van der Waals surface area contributed by atoms with Crippen LogP contribution in [0.25, 0.3) is 0 Å². The van der Waals surface area contributed by atoms with Crippen molar-refractivity contribution in [3.05, 3.63) is 18.0 Å². The number of rotatable bonds is 6. The van der Waals surface area contributed by atoms with E-state index in [1.807, 2.05) is 0 Å². The smallest absolute Gasteiger partial charge is 0.226 e. The lowest BCUT2D eigenvalue weighted by Gasteiger charge is -2.14. The molecule has 3 N–H and O–H groups in total. The Morgan fingerprint density at radius 2 is 2.44 bits per heavy atom. The minimum atomic E-state index is 0.00784. The van der Waals surface area contributed by atoms with Crippen LogP contribution in [0.2, 0.25) is 0 Å². The summed E-state index contributed by atoms with van der Waals surface area (Å²) in [6, 6.07) is 1.79. The Morgan fingerprint density at radius 1 is 1.62 bits per heavy atom. The van der Waals surface area contributed by atoms with Crippen LogP contribution in [0.3, 0.4) is 0 Å². The third-order valence-corrected chi connectivity index (χ3v) is 3.17. The molecule has 0 spiro atoms. The number of nitrogens with one attached hydrogen (secondary N) is 2. The number of nitrogens with zero attached hydrogens (tertiary/aromatic N) is 1. The van der Waals surface area contributed by atoms with Crippen molar-refractivity contribution in [1.82, 2.24) is 15.5 Å². The summed E-state index contributed by atoms with van der Waals surface area (Å²) in [7, 11) is 0. The van der Waals surface area contributed by atoms with Gasteiger partial charge in [-0.1, -0.05) is 0 Å². The van der Waals surface area contributed by atoms with Crippen molar-refractivity contribution >= 4 is 5.91 Å². The third kappa shape index (κ3) is 2.82. The van der Waals surface area contributed by atoms with Crippen molar-refractivity contribution in [3.63, 3.8) is 0 Å². The predicted molar refractivity (Wildman–Crippen MR) is 58.7 cm³/mol. The number of carbonyl (C=O) groups is 1. The van der Waals surface area contributed by atoms with Crippen LogP contribution in [0.5, 0.6) is 0 Å². The van der Waals surface area contributed by atoms with Crippen molar-refractivity contribution in [2.45, 2.75) is 25.7 Å². The van der Waals surface area contributed by atoms with Crippen LogP contribution in [-0.2, 0) is 11.2 Å². The molecular formula is C11H17N3O2. The summed E-state index contributed by atoms with van der Waals surface area (Å²) in [5, 5.41) is 18.3. The summed E-state index contributed by atoms with van der Waals surface area (Å²) in [5.41, 5.74) is 1.00. The molecule has 1 aromatic heterocycles. The van der Waals surface area contributed by atoms with Gasteiger partial charge < -0.3 is 10.4 Å². The number of carbonyl (C=O) groups excluding carboxylic acids is 1. The lowest BCUT2D eigenvalue weighted by atomic mass is 10.0. The second-order valence-corrected chi connectivity index (χ2v) is 4.51. The first kappa shape index (κ1) is 11.1. The van der Waals surface area contributed by atoms with E-state index in [4.69, 9.17) is 5.11 Å². The average Bonchev–Trinajstić information content (AvgIpc) is 2.83. The summed E-state index contributed by atoms with van der Waals surface area (Å²) >= 11 is 0. The van der Waals surface area contributed by atoms with Gasteiger partial charge in [-0.3, -0.25) is 9.89 Å². The molecule has 0 aliphatic heterocycles. The van der Waals surface area contributed by atoms with E-state index < -0.39 is 0 Å². The van der Waals surface area contributed by atoms with Gasteiger partial charge in [0.1, 0.15) is 0 Å². The molecule has 0 aromatic carbocycles. The first-order valence-corrected chi connectivity index (χ1v) is 5.60. The number of aromatic nitrogens is 2. The molecule has 1 saturated carbocycles. The van der Waals surface area contributed by atoms with Crippen molar-refractivity contribution in [2.24, 2.45) is 5.41 Å². The Balaban J connectivity index is 1.72. The zero-order valence-electron chi connectivity index (χ0n) is 9.20. The number of hydrogen-bond acceptors (Lipinski definition) is 3. The van der Waals surface area contributed by atoms with Crippen molar-refractivity contribution in [1.29, 1.82) is 0 Å². The van der Waals surface area contributed by atoms with E-state index in [1.165, 1.54) is 0 Å². The second kappa shape index (κ2) is 4.65. The predicted octanol–water partition coefficient (Wildman–Crippen LogP) is 0.231. The molecule has 16 heavy (non-hydrogen) atoms. The maximum atomic E-state index is 11.6. The van der Waals surface area contributed by atoms with Crippen LogP contribution in [-0.4, -0.2) is 34.4 Å². The molecule has 1 amide bonds. The van der Waals surface area contributed by atoms with Gasteiger partial charge in [-0.05, 0) is 30.7 Å². The molecule has 0 unspecified atom stereocenters.